The highest BCUT2D eigenvalue weighted by Gasteiger charge is 2.33. The first kappa shape index (κ1) is 18.6. The first-order valence-electron chi connectivity index (χ1n) is 11.3. The van der Waals surface area contributed by atoms with Crippen LogP contribution in [0.2, 0.25) is 0 Å². The van der Waals surface area contributed by atoms with Crippen LogP contribution < -0.4 is 0 Å². The lowest BCUT2D eigenvalue weighted by Crippen LogP contribution is -2.36. The molecule has 0 amide bonds. The van der Waals surface area contributed by atoms with E-state index in [-0.39, 0.29) is 6.04 Å². The zero-order chi connectivity index (χ0) is 20.6. The fraction of sp³-hybridized carbons (Fsp3) is 0.360. The van der Waals surface area contributed by atoms with Crippen LogP contribution in [0.3, 0.4) is 0 Å². The maximum Gasteiger partial charge on any atom is 0.173 e. The van der Waals surface area contributed by atoms with Crippen molar-refractivity contribution in [1.29, 1.82) is 0 Å². The summed E-state index contributed by atoms with van der Waals surface area (Å²) in [6.07, 6.45) is 7.74. The number of pyridine rings is 1. The van der Waals surface area contributed by atoms with Gasteiger partial charge in [-0.1, -0.05) is 49.2 Å². The van der Waals surface area contributed by atoms with Gasteiger partial charge in [0, 0.05) is 24.7 Å². The average Bonchev–Trinajstić information content (AvgIpc) is 3.51. The van der Waals surface area contributed by atoms with E-state index in [0.29, 0.717) is 6.04 Å². The number of aromatic nitrogens is 5. The van der Waals surface area contributed by atoms with Gasteiger partial charge in [0.1, 0.15) is 0 Å². The van der Waals surface area contributed by atoms with E-state index in [0.717, 1.165) is 49.1 Å². The van der Waals surface area contributed by atoms with Gasteiger partial charge in [-0.3, -0.25) is 9.88 Å². The molecule has 1 aliphatic carbocycles. The van der Waals surface area contributed by atoms with Gasteiger partial charge >= 0.3 is 0 Å². The van der Waals surface area contributed by atoms with E-state index in [1.165, 1.54) is 29.5 Å². The van der Waals surface area contributed by atoms with Crippen LogP contribution in [0.5, 0.6) is 0 Å². The predicted molar refractivity (Wildman–Crippen MR) is 119 cm³/mol. The Morgan fingerprint density at radius 2 is 1.81 bits per heavy atom. The summed E-state index contributed by atoms with van der Waals surface area (Å²) in [7, 11) is 0. The maximum absolute atomic E-state index is 4.59. The molecule has 6 rings (SSSR count). The third kappa shape index (κ3) is 3.41. The third-order valence-electron chi connectivity index (χ3n) is 6.90. The van der Waals surface area contributed by atoms with Gasteiger partial charge in [-0.15, -0.1) is 5.10 Å². The number of tetrazole rings is 1. The molecule has 1 fully saturated rings. The molecule has 0 saturated heterocycles. The van der Waals surface area contributed by atoms with Crippen LogP contribution in [0.1, 0.15) is 60.3 Å². The molecule has 2 aromatic carbocycles. The van der Waals surface area contributed by atoms with Gasteiger partial charge in [0.15, 0.2) is 5.82 Å². The molecule has 0 N–H and O–H groups in total. The van der Waals surface area contributed by atoms with E-state index in [2.05, 4.69) is 78.6 Å². The predicted octanol–water partition coefficient (Wildman–Crippen LogP) is 4.48. The molecule has 1 atom stereocenters. The summed E-state index contributed by atoms with van der Waals surface area (Å²) in [4.78, 5) is 7.05. The highest BCUT2D eigenvalue weighted by molar-refractivity contribution is 5.79. The third-order valence-corrected chi connectivity index (χ3v) is 6.90. The van der Waals surface area contributed by atoms with Crippen LogP contribution in [0, 0.1) is 0 Å². The Hall–Kier alpha value is -3.12. The minimum absolute atomic E-state index is 0.0218. The summed E-state index contributed by atoms with van der Waals surface area (Å²) in [6.45, 7) is 1.90. The monoisotopic (exact) mass is 410 g/mol. The first-order valence-corrected chi connectivity index (χ1v) is 11.3. The molecule has 1 aliphatic heterocycles. The van der Waals surface area contributed by atoms with Crippen molar-refractivity contribution in [2.45, 2.75) is 50.7 Å². The second-order valence-corrected chi connectivity index (χ2v) is 8.77. The lowest BCUT2D eigenvalue weighted by atomic mass is 9.95. The summed E-state index contributed by atoms with van der Waals surface area (Å²) in [5.74, 6) is 0.967. The lowest BCUT2D eigenvalue weighted by Gasteiger charge is -2.35. The van der Waals surface area contributed by atoms with Crippen molar-refractivity contribution in [3.05, 3.63) is 83.3 Å². The van der Waals surface area contributed by atoms with Crippen LogP contribution in [-0.4, -0.2) is 36.6 Å². The van der Waals surface area contributed by atoms with E-state index >= 15 is 0 Å². The van der Waals surface area contributed by atoms with E-state index in [9.17, 15) is 0 Å². The van der Waals surface area contributed by atoms with Gasteiger partial charge in [0.25, 0.3) is 0 Å². The standard InChI is InChI=1S/C25H26N6/c1-2-7-21-17-30(15-13-18(21)6-1)24(20-11-12-23-19(16-20)8-5-14-26-23)25-27-28-29-31(25)22-9-3-4-10-22/h1-2,5-8,11-12,14,16,22,24H,3-4,9-10,13,15,17H2/t24-/m1/s1. The summed E-state index contributed by atoms with van der Waals surface area (Å²) < 4.78 is 2.12. The molecule has 2 aliphatic rings. The molecular formula is C25H26N6. The van der Waals surface area contributed by atoms with E-state index in [1.54, 1.807) is 0 Å². The largest absolute Gasteiger partial charge is 0.285 e. The summed E-state index contributed by atoms with van der Waals surface area (Å²) in [6, 6.07) is 19.9. The Balaban J connectivity index is 1.46. The quantitative estimate of drug-likeness (QED) is 0.496. The second-order valence-electron chi connectivity index (χ2n) is 8.77. The fourth-order valence-electron chi connectivity index (χ4n) is 5.31. The van der Waals surface area contributed by atoms with Gasteiger partial charge in [0.05, 0.1) is 17.6 Å². The highest BCUT2D eigenvalue weighted by atomic mass is 15.6. The number of hydrogen-bond acceptors (Lipinski definition) is 5. The van der Waals surface area contributed by atoms with Gasteiger partial charge in [-0.25, -0.2) is 4.68 Å². The summed E-state index contributed by atoms with van der Waals surface area (Å²) >= 11 is 0. The van der Waals surface area contributed by atoms with Crippen molar-refractivity contribution in [1.82, 2.24) is 30.1 Å². The normalized spacial score (nSPS) is 18.3. The van der Waals surface area contributed by atoms with Crippen molar-refractivity contribution in [3.8, 4) is 0 Å². The molecule has 6 nitrogen and oxygen atoms in total. The smallest absolute Gasteiger partial charge is 0.173 e. The van der Waals surface area contributed by atoms with Crippen molar-refractivity contribution in [3.63, 3.8) is 0 Å². The Morgan fingerprint density at radius 1 is 0.935 bits per heavy atom. The van der Waals surface area contributed by atoms with Crippen molar-refractivity contribution in [2.75, 3.05) is 6.54 Å². The Labute approximate surface area is 181 Å². The van der Waals surface area contributed by atoms with Crippen LogP contribution in [-0.2, 0) is 13.0 Å². The summed E-state index contributed by atoms with van der Waals surface area (Å²) in [5, 5.41) is 14.3. The topological polar surface area (TPSA) is 59.7 Å². The molecule has 0 radical (unpaired) electrons. The Morgan fingerprint density at radius 3 is 2.71 bits per heavy atom. The van der Waals surface area contributed by atoms with Gasteiger partial charge in [-0.2, -0.15) is 0 Å². The molecular weight excluding hydrogens is 384 g/mol. The van der Waals surface area contributed by atoms with Gasteiger partial charge in [0.2, 0.25) is 0 Å². The SMILES string of the molecule is c1ccc2c(c1)CCN([C@H](c1ccc3ncccc3c1)c1nnnn1C1CCCC1)C2. The Bertz CT molecular complexity index is 1210. The Kier molecular flexibility index (Phi) is 4.72. The van der Waals surface area contributed by atoms with Gasteiger partial charge < -0.3 is 0 Å². The number of benzene rings is 2. The fourth-order valence-corrected chi connectivity index (χ4v) is 5.31. The molecule has 3 heterocycles. The average molecular weight is 411 g/mol. The highest BCUT2D eigenvalue weighted by Crippen LogP contribution is 2.36. The van der Waals surface area contributed by atoms with Crippen molar-refractivity contribution in [2.24, 2.45) is 0 Å². The lowest BCUT2D eigenvalue weighted by molar-refractivity contribution is 0.192. The molecule has 156 valence electrons. The number of rotatable bonds is 4. The van der Waals surface area contributed by atoms with Crippen LogP contribution in [0.15, 0.2) is 60.8 Å². The maximum atomic E-state index is 4.59. The summed E-state index contributed by atoms with van der Waals surface area (Å²) in [5.41, 5.74) is 5.11. The number of hydrogen-bond donors (Lipinski definition) is 0. The molecule has 2 aromatic heterocycles. The minimum atomic E-state index is 0.0218. The zero-order valence-corrected chi connectivity index (χ0v) is 17.6. The minimum Gasteiger partial charge on any atom is -0.285 e. The molecule has 0 unspecified atom stereocenters. The molecule has 6 heteroatoms. The van der Waals surface area contributed by atoms with Crippen LogP contribution >= 0.6 is 0 Å². The van der Waals surface area contributed by atoms with E-state index in [1.807, 2.05) is 12.3 Å². The molecule has 0 bridgehead atoms. The van der Waals surface area contributed by atoms with Gasteiger partial charge in [-0.05, 0) is 64.6 Å². The number of fused-ring (bicyclic) bond motifs is 2. The molecule has 4 aromatic rings. The van der Waals surface area contributed by atoms with Crippen LogP contribution in [0.25, 0.3) is 10.9 Å². The first-order chi connectivity index (χ1) is 15.4. The zero-order valence-electron chi connectivity index (χ0n) is 17.6. The van der Waals surface area contributed by atoms with E-state index in [4.69, 9.17) is 0 Å². The van der Waals surface area contributed by atoms with Crippen molar-refractivity contribution >= 4 is 10.9 Å². The molecule has 1 saturated carbocycles. The second kappa shape index (κ2) is 7.85. The van der Waals surface area contributed by atoms with Crippen LogP contribution in [0.4, 0.5) is 0 Å². The van der Waals surface area contributed by atoms with Crippen molar-refractivity contribution < 1.29 is 0 Å². The number of nitrogens with zero attached hydrogens (tertiary/aromatic N) is 6. The molecule has 0 spiro atoms. The molecule has 31 heavy (non-hydrogen) atoms. The van der Waals surface area contributed by atoms with E-state index < -0.39 is 0 Å².